The lowest BCUT2D eigenvalue weighted by Crippen LogP contribution is -2.11. The van der Waals surface area contributed by atoms with Crippen LogP contribution in [0.3, 0.4) is 0 Å². The topological polar surface area (TPSA) is 48.0 Å². The number of hydrogen-bond donors (Lipinski definition) is 1. The highest BCUT2D eigenvalue weighted by molar-refractivity contribution is 14.1. The van der Waals surface area contributed by atoms with Crippen LogP contribution >= 0.6 is 22.6 Å². The van der Waals surface area contributed by atoms with E-state index in [1.165, 1.54) is 14.7 Å². The van der Waals surface area contributed by atoms with E-state index in [1.807, 2.05) is 18.2 Å². The van der Waals surface area contributed by atoms with Crippen molar-refractivity contribution in [1.82, 2.24) is 4.57 Å². The van der Waals surface area contributed by atoms with Gasteiger partial charge >= 0.3 is 0 Å². The van der Waals surface area contributed by atoms with Gasteiger partial charge in [0.05, 0.1) is 11.0 Å². The van der Waals surface area contributed by atoms with Crippen molar-refractivity contribution in [3.8, 4) is 0 Å². The Hall–Kier alpha value is -2.34. The minimum absolute atomic E-state index is 0.406. The van der Waals surface area contributed by atoms with Crippen LogP contribution in [0.4, 0.5) is 0 Å². The molecule has 0 aliphatic rings. The number of aromatic nitrogens is 1. The normalized spacial score (nSPS) is 11.3. The molecule has 4 aromatic rings. The predicted octanol–water partition coefficient (Wildman–Crippen LogP) is 4.91. The fourth-order valence-electron chi connectivity index (χ4n) is 3.45. The van der Waals surface area contributed by atoms with Gasteiger partial charge in [0, 0.05) is 26.5 Å². The first-order valence-corrected chi connectivity index (χ1v) is 9.66. The van der Waals surface area contributed by atoms with Crippen LogP contribution in [0.5, 0.6) is 0 Å². The summed E-state index contributed by atoms with van der Waals surface area (Å²) in [5.74, 6) is -0.406. The van der Waals surface area contributed by atoms with Crippen LogP contribution in [-0.2, 0) is 13.0 Å². The fraction of sp³-hybridized carbons (Fsp3) is 0.136. The van der Waals surface area contributed by atoms with Gasteiger partial charge < -0.3 is 10.3 Å². The number of nitrogens with zero attached hydrogens (tertiary/aromatic N) is 1. The number of amides is 1. The summed E-state index contributed by atoms with van der Waals surface area (Å²) >= 11 is 2.31. The molecule has 4 rings (SSSR count). The van der Waals surface area contributed by atoms with E-state index < -0.39 is 5.91 Å². The van der Waals surface area contributed by atoms with Crippen molar-refractivity contribution >= 4 is 50.3 Å². The number of carbonyl (C=O) groups excluding carboxylic acids is 1. The highest BCUT2D eigenvalue weighted by Crippen LogP contribution is 2.32. The monoisotopic (exact) mass is 453 g/mol. The summed E-state index contributed by atoms with van der Waals surface area (Å²) in [4.78, 5) is 12.0. The van der Waals surface area contributed by atoms with E-state index in [0.717, 1.165) is 34.8 Å². The largest absolute Gasteiger partial charge is 0.366 e. The first-order chi connectivity index (χ1) is 12.6. The highest BCUT2D eigenvalue weighted by atomic mass is 127. The summed E-state index contributed by atoms with van der Waals surface area (Å²) in [5.41, 5.74) is 10.7. The molecule has 0 atom stereocenters. The molecular formula is C22H18IN2O. The predicted molar refractivity (Wildman–Crippen MR) is 114 cm³/mol. The van der Waals surface area contributed by atoms with Crippen LogP contribution in [0.25, 0.3) is 21.8 Å². The zero-order chi connectivity index (χ0) is 18.3. The molecule has 26 heavy (non-hydrogen) atoms. The molecule has 4 heteroatoms. The highest BCUT2D eigenvalue weighted by Gasteiger charge is 2.17. The average Bonchev–Trinajstić information content (AvgIpc) is 2.96. The van der Waals surface area contributed by atoms with E-state index in [4.69, 9.17) is 5.73 Å². The first kappa shape index (κ1) is 17.1. The number of hydrogen-bond acceptors (Lipinski definition) is 1. The van der Waals surface area contributed by atoms with Gasteiger partial charge in [-0.1, -0.05) is 31.2 Å². The molecule has 0 bridgehead atoms. The second-order valence-corrected chi connectivity index (χ2v) is 7.64. The van der Waals surface area contributed by atoms with Crippen LogP contribution in [0, 0.1) is 9.64 Å². The van der Waals surface area contributed by atoms with Crippen LogP contribution in [0.15, 0.2) is 54.6 Å². The third kappa shape index (κ3) is 2.88. The minimum Gasteiger partial charge on any atom is -0.366 e. The lowest BCUT2D eigenvalue weighted by Gasteiger charge is -2.09. The van der Waals surface area contributed by atoms with Gasteiger partial charge in [-0.25, -0.2) is 0 Å². The smallest absolute Gasteiger partial charge is 0.249 e. The Morgan fingerprint density at radius 2 is 1.88 bits per heavy atom. The number of aryl methyl sites for hydroxylation is 1. The minimum atomic E-state index is -0.406. The molecule has 0 aliphatic carbocycles. The number of benzene rings is 3. The number of primary amides is 1. The summed E-state index contributed by atoms with van der Waals surface area (Å²) in [6.45, 7) is 2.87. The van der Waals surface area contributed by atoms with E-state index in [2.05, 4.69) is 70.5 Å². The zero-order valence-corrected chi connectivity index (χ0v) is 16.6. The Balaban J connectivity index is 2.03. The quantitative estimate of drug-likeness (QED) is 0.439. The average molecular weight is 453 g/mol. The van der Waals surface area contributed by atoms with Crippen molar-refractivity contribution < 1.29 is 4.79 Å². The third-order valence-electron chi connectivity index (χ3n) is 4.78. The fourth-order valence-corrected chi connectivity index (χ4v) is 3.81. The van der Waals surface area contributed by atoms with Crippen molar-refractivity contribution in [2.24, 2.45) is 5.73 Å². The number of halogens is 1. The van der Waals surface area contributed by atoms with Gasteiger partial charge in [-0.05, 0) is 76.5 Å². The SMILES string of the molecule is CCc1c[c]c2c3c(C(N)=O)cccc3n(Cc3ccc(I)cc3)c2c1. The maximum Gasteiger partial charge on any atom is 0.249 e. The van der Waals surface area contributed by atoms with E-state index in [0.29, 0.717) is 5.56 Å². The Morgan fingerprint density at radius 3 is 2.58 bits per heavy atom. The number of nitrogens with two attached hydrogens (primary N) is 1. The standard InChI is InChI=1S/C22H18IN2O/c1-2-14-8-11-17-20(12-14)25(13-15-6-9-16(23)10-7-15)19-5-3-4-18(21(17)19)22(24)26/h3-10,12H,2,13H2,1H3,(H2,24,26). The molecule has 0 fully saturated rings. The molecule has 3 nitrogen and oxygen atoms in total. The lowest BCUT2D eigenvalue weighted by atomic mass is 10.0. The molecule has 129 valence electrons. The Kier molecular flexibility index (Phi) is 4.44. The maximum absolute atomic E-state index is 12.0. The molecule has 0 aliphatic heterocycles. The van der Waals surface area contributed by atoms with Gasteiger partial charge in [0.25, 0.3) is 0 Å². The van der Waals surface area contributed by atoms with Crippen molar-refractivity contribution in [2.75, 3.05) is 0 Å². The van der Waals surface area contributed by atoms with E-state index in [1.54, 1.807) is 6.07 Å². The Labute approximate surface area is 165 Å². The molecule has 1 radical (unpaired) electrons. The molecule has 1 amide bonds. The van der Waals surface area contributed by atoms with E-state index >= 15 is 0 Å². The molecule has 3 aromatic carbocycles. The molecule has 1 aromatic heterocycles. The number of carbonyl (C=O) groups is 1. The van der Waals surface area contributed by atoms with Gasteiger partial charge in [-0.3, -0.25) is 4.79 Å². The van der Waals surface area contributed by atoms with Crippen LogP contribution < -0.4 is 5.73 Å². The van der Waals surface area contributed by atoms with E-state index in [9.17, 15) is 4.79 Å². The number of rotatable bonds is 4. The molecule has 0 spiro atoms. The second-order valence-electron chi connectivity index (χ2n) is 6.40. The summed E-state index contributed by atoms with van der Waals surface area (Å²) in [5, 5.41) is 1.85. The van der Waals surface area contributed by atoms with Gasteiger partial charge in [0.15, 0.2) is 0 Å². The molecule has 0 saturated carbocycles. The van der Waals surface area contributed by atoms with Crippen LogP contribution in [-0.4, -0.2) is 10.5 Å². The summed E-state index contributed by atoms with van der Waals surface area (Å²) in [6.07, 6.45) is 0.945. The van der Waals surface area contributed by atoms with Gasteiger partial charge in [0.1, 0.15) is 0 Å². The first-order valence-electron chi connectivity index (χ1n) is 8.58. The third-order valence-corrected chi connectivity index (χ3v) is 5.50. The van der Waals surface area contributed by atoms with Crippen molar-refractivity contribution in [3.63, 3.8) is 0 Å². The van der Waals surface area contributed by atoms with E-state index in [-0.39, 0.29) is 0 Å². The molecule has 2 N–H and O–H groups in total. The van der Waals surface area contributed by atoms with Crippen LogP contribution in [0.1, 0.15) is 28.4 Å². The zero-order valence-electron chi connectivity index (χ0n) is 14.4. The molecule has 0 saturated heterocycles. The molecule has 1 heterocycles. The van der Waals surface area contributed by atoms with Crippen molar-refractivity contribution in [2.45, 2.75) is 19.9 Å². The van der Waals surface area contributed by atoms with Crippen molar-refractivity contribution in [1.29, 1.82) is 0 Å². The lowest BCUT2D eigenvalue weighted by molar-refractivity contribution is 0.100. The maximum atomic E-state index is 12.0. The second kappa shape index (κ2) is 6.76. The summed E-state index contributed by atoms with van der Waals surface area (Å²) < 4.78 is 3.47. The Bertz CT molecular complexity index is 1130. The van der Waals surface area contributed by atoms with Gasteiger partial charge in [-0.2, -0.15) is 0 Å². The van der Waals surface area contributed by atoms with Gasteiger partial charge in [-0.15, -0.1) is 0 Å². The molecular weight excluding hydrogens is 435 g/mol. The Morgan fingerprint density at radius 1 is 1.12 bits per heavy atom. The number of fused-ring (bicyclic) bond motifs is 3. The van der Waals surface area contributed by atoms with Crippen LogP contribution in [0.2, 0.25) is 0 Å². The van der Waals surface area contributed by atoms with Crippen molar-refractivity contribution in [3.05, 3.63) is 80.9 Å². The summed E-state index contributed by atoms with van der Waals surface area (Å²) in [6, 6.07) is 21.9. The summed E-state index contributed by atoms with van der Waals surface area (Å²) in [7, 11) is 0. The van der Waals surface area contributed by atoms with Gasteiger partial charge in [0.2, 0.25) is 5.91 Å². The molecule has 0 unspecified atom stereocenters.